The van der Waals surface area contributed by atoms with E-state index in [9.17, 15) is 4.79 Å². The SMILES string of the molecule is O=COCOC(=S)c1cc(S)c(Cl)cc1NCc1ccco1. The summed E-state index contributed by atoms with van der Waals surface area (Å²) in [5.41, 5.74) is 1.25. The third kappa shape index (κ3) is 4.40. The van der Waals surface area contributed by atoms with E-state index in [1.165, 1.54) is 0 Å². The van der Waals surface area contributed by atoms with Gasteiger partial charge in [0.05, 0.1) is 23.4 Å². The van der Waals surface area contributed by atoms with Crippen molar-refractivity contribution in [2.24, 2.45) is 0 Å². The average Bonchev–Trinajstić information content (AvgIpc) is 3.01. The number of benzene rings is 1. The third-order valence-electron chi connectivity index (χ3n) is 2.67. The van der Waals surface area contributed by atoms with Gasteiger partial charge in [-0.15, -0.1) is 12.6 Å². The lowest BCUT2D eigenvalue weighted by atomic mass is 10.2. The van der Waals surface area contributed by atoms with Crippen LogP contribution < -0.4 is 5.32 Å². The van der Waals surface area contributed by atoms with E-state index in [0.717, 1.165) is 5.76 Å². The van der Waals surface area contributed by atoms with Gasteiger partial charge in [-0.1, -0.05) is 11.6 Å². The largest absolute Gasteiger partial charge is 0.467 e. The minimum Gasteiger partial charge on any atom is -0.467 e. The number of anilines is 1. The standard InChI is InChI=1S/C14H12ClNO4S2/c15-11-5-12(16-6-9-2-1-3-19-9)10(4-13(11)21)14(22)20-8-18-7-17/h1-5,7,16,21H,6,8H2. The number of carbonyl (C=O) groups is 1. The molecule has 5 nitrogen and oxygen atoms in total. The highest BCUT2D eigenvalue weighted by molar-refractivity contribution is 7.80. The Morgan fingerprint density at radius 1 is 1.50 bits per heavy atom. The fourth-order valence-electron chi connectivity index (χ4n) is 1.67. The highest BCUT2D eigenvalue weighted by atomic mass is 35.5. The molecule has 1 heterocycles. The summed E-state index contributed by atoms with van der Waals surface area (Å²) in [6.07, 6.45) is 1.59. The minimum atomic E-state index is -0.259. The molecule has 0 unspecified atom stereocenters. The molecule has 116 valence electrons. The molecule has 0 aliphatic rings. The summed E-state index contributed by atoms with van der Waals surface area (Å²) < 4.78 is 14.9. The first-order valence-corrected chi connectivity index (χ1v) is 7.36. The van der Waals surface area contributed by atoms with Crippen molar-refractivity contribution in [1.29, 1.82) is 0 Å². The Morgan fingerprint density at radius 3 is 3.00 bits per heavy atom. The highest BCUT2D eigenvalue weighted by Crippen LogP contribution is 2.29. The molecule has 0 radical (unpaired) electrons. The maximum atomic E-state index is 10.1. The second-order valence-electron chi connectivity index (χ2n) is 4.09. The van der Waals surface area contributed by atoms with Crippen LogP contribution in [0.25, 0.3) is 0 Å². The van der Waals surface area contributed by atoms with Gasteiger partial charge >= 0.3 is 0 Å². The van der Waals surface area contributed by atoms with Crippen LogP contribution in [0.4, 0.5) is 5.69 Å². The molecule has 2 aromatic rings. The van der Waals surface area contributed by atoms with Crippen molar-refractivity contribution < 1.29 is 18.7 Å². The summed E-state index contributed by atoms with van der Waals surface area (Å²) in [6, 6.07) is 7.01. The van der Waals surface area contributed by atoms with E-state index in [4.69, 9.17) is 33.0 Å². The molecular formula is C14H12ClNO4S2. The lowest BCUT2D eigenvalue weighted by Gasteiger charge is -2.14. The lowest BCUT2D eigenvalue weighted by Crippen LogP contribution is -2.11. The second-order valence-corrected chi connectivity index (χ2v) is 5.35. The fourth-order valence-corrected chi connectivity index (χ4v) is 2.24. The van der Waals surface area contributed by atoms with Crippen molar-refractivity contribution in [3.05, 3.63) is 46.9 Å². The molecule has 0 aliphatic carbocycles. The van der Waals surface area contributed by atoms with Gasteiger partial charge in [0.25, 0.3) is 6.47 Å². The zero-order valence-corrected chi connectivity index (χ0v) is 13.7. The summed E-state index contributed by atoms with van der Waals surface area (Å²) in [7, 11) is 0. The molecular weight excluding hydrogens is 346 g/mol. The van der Waals surface area contributed by atoms with Crippen LogP contribution >= 0.6 is 36.4 Å². The lowest BCUT2D eigenvalue weighted by molar-refractivity contribution is -0.135. The van der Waals surface area contributed by atoms with E-state index < -0.39 is 0 Å². The highest BCUT2D eigenvalue weighted by Gasteiger charge is 2.13. The molecule has 0 saturated heterocycles. The minimum absolute atomic E-state index is 0.163. The summed E-state index contributed by atoms with van der Waals surface area (Å²) in [6.45, 7) is 0.477. The third-order valence-corrected chi connectivity index (χ3v) is 3.82. The predicted octanol–water partition coefficient (Wildman–Crippen LogP) is 3.66. The Kier molecular flexibility index (Phi) is 6.11. The number of nitrogens with one attached hydrogen (secondary N) is 1. The fraction of sp³-hybridized carbons (Fsp3) is 0.143. The molecule has 0 aliphatic heterocycles. The van der Waals surface area contributed by atoms with Gasteiger partial charge in [0.1, 0.15) is 5.76 Å². The number of rotatable bonds is 7. The molecule has 0 saturated carbocycles. The Balaban J connectivity index is 2.17. The van der Waals surface area contributed by atoms with Crippen LogP contribution in [0.15, 0.2) is 39.8 Å². The smallest absolute Gasteiger partial charge is 0.295 e. The van der Waals surface area contributed by atoms with Crippen LogP contribution in [-0.4, -0.2) is 18.3 Å². The van der Waals surface area contributed by atoms with Gasteiger partial charge in [-0.2, -0.15) is 0 Å². The normalized spacial score (nSPS) is 10.1. The number of ether oxygens (including phenoxy) is 2. The molecule has 0 atom stereocenters. The van der Waals surface area contributed by atoms with Crippen molar-refractivity contribution >= 4 is 53.7 Å². The topological polar surface area (TPSA) is 60.7 Å². The Morgan fingerprint density at radius 2 is 2.32 bits per heavy atom. The van der Waals surface area contributed by atoms with Crippen molar-refractivity contribution in [2.75, 3.05) is 12.1 Å². The van der Waals surface area contributed by atoms with E-state index in [-0.39, 0.29) is 18.3 Å². The quantitative estimate of drug-likeness (QED) is 0.259. The first-order valence-electron chi connectivity index (χ1n) is 6.13. The molecule has 1 aromatic carbocycles. The maximum absolute atomic E-state index is 10.1. The zero-order valence-electron chi connectivity index (χ0n) is 11.2. The zero-order chi connectivity index (χ0) is 15.9. The van der Waals surface area contributed by atoms with E-state index in [0.29, 0.717) is 27.7 Å². The van der Waals surface area contributed by atoms with E-state index in [2.05, 4.69) is 22.7 Å². The summed E-state index contributed by atoms with van der Waals surface area (Å²) in [5.74, 6) is 0.758. The van der Waals surface area contributed by atoms with Crippen molar-refractivity contribution in [3.63, 3.8) is 0 Å². The van der Waals surface area contributed by atoms with Crippen molar-refractivity contribution in [1.82, 2.24) is 0 Å². The van der Waals surface area contributed by atoms with Gasteiger partial charge in [0, 0.05) is 10.6 Å². The van der Waals surface area contributed by atoms with Gasteiger partial charge in [-0.3, -0.25) is 4.79 Å². The van der Waals surface area contributed by atoms with E-state index in [1.807, 2.05) is 6.07 Å². The number of hydrogen-bond acceptors (Lipinski definition) is 7. The number of thiocarbonyl (C=S) groups is 1. The summed E-state index contributed by atoms with van der Waals surface area (Å²) in [4.78, 5) is 10.7. The Labute approximate surface area is 142 Å². The Hall–Kier alpha value is -1.70. The molecule has 2 rings (SSSR count). The van der Waals surface area contributed by atoms with Crippen molar-refractivity contribution in [3.8, 4) is 0 Å². The summed E-state index contributed by atoms with van der Waals surface area (Å²) >= 11 is 15.5. The van der Waals surface area contributed by atoms with Crippen LogP contribution in [0, 0.1) is 0 Å². The number of thiol groups is 1. The van der Waals surface area contributed by atoms with Gasteiger partial charge in [0.15, 0.2) is 5.05 Å². The molecule has 0 bridgehead atoms. The monoisotopic (exact) mass is 357 g/mol. The van der Waals surface area contributed by atoms with Crippen LogP contribution in [-0.2, 0) is 20.8 Å². The number of carbonyl (C=O) groups excluding carboxylic acids is 1. The van der Waals surface area contributed by atoms with E-state index >= 15 is 0 Å². The van der Waals surface area contributed by atoms with Crippen LogP contribution in [0.5, 0.6) is 0 Å². The van der Waals surface area contributed by atoms with Crippen LogP contribution in [0.3, 0.4) is 0 Å². The maximum Gasteiger partial charge on any atom is 0.295 e. The molecule has 0 spiro atoms. The molecule has 1 N–H and O–H groups in total. The Bertz CT molecular complexity index is 661. The van der Waals surface area contributed by atoms with Crippen LogP contribution in [0.2, 0.25) is 5.02 Å². The second kappa shape index (κ2) is 8.07. The van der Waals surface area contributed by atoms with Gasteiger partial charge < -0.3 is 19.2 Å². The average molecular weight is 358 g/mol. The molecule has 8 heteroatoms. The first-order chi connectivity index (χ1) is 10.6. The van der Waals surface area contributed by atoms with E-state index in [1.54, 1.807) is 24.5 Å². The van der Waals surface area contributed by atoms with Gasteiger partial charge in [-0.05, 0) is 36.5 Å². The summed E-state index contributed by atoms with van der Waals surface area (Å²) in [5, 5.41) is 3.80. The van der Waals surface area contributed by atoms with Crippen molar-refractivity contribution in [2.45, 2.75) is 11.4 Å². The van der Waals surface area contributed by atoms with Gasteiger partial charge in [-0.25, -0.2) is 0 Å². The van der Waals surface area contributed by atoms with Gasteiger partial charge in [0.2, 0.25) is 6.79 Å². The molecule has 0 amide bonds. The first kappa shape index (κ1) is 16.7. The van der Waals surface area contributed by atoms with Crippen LogP contribution in [0.1, 0.15) is 11.3 Å². The predicted molar refractivity (Wildman–Crippen MR) is 89.5 cm³/mol. The number of hydrogen-bond donors (Lipinski definition) is 2. The molecule has 1 aromatic heterocycles. The molecule has 22 heavy (non-hydrogen) atoms. The molecule has 0 fully saturated rings. The number of halogens is 1. The number of furan rings is 1.